The Morgan fingerprint density at radius 3 is 0.925 bits per heavy atom. The van der Waals surface area contributed by atoms with Gasteiger partial charge in [-0.1, -0.05) is 48.5 Å². The molecule has 2 fully saturated rings. The van der Waals surface area contributed by atoms with Crippen LogP contribution in [0.3, 0.4) is 0 Å². The molecule has 6 nitrogen and oxygen atoms in total. The van der Waals surface area contributed by atoms with Crippen molar-refractivity contribution >= 4 is 25.2 Å². The van der Waals surface area contributed by atoms with Crippen LogP contribution in [0.25, 0.3) is 0 Å². The maximum atomic E-state index is 6.23. The minimum atomic E-state index is -0.723. The molecule has 0 saturated carbocycles. The van der Waals surface area contributed by atoms with Gasteiger partial charge in [-0.2, -0.15) is 0 Å². The highest BCUT2D eigenvalue weighted by Gasteiger charge is 2.53. The number of ether oxygens (including phenoxy) is 2. The molecule has 0 atom stereocenters. The smallest absolute Gasteiger partial charge is 0.399 e. The van der Waals surface area contributed by atoms with E-state index in [0.29, 0.717) is 0 Å². The Labute approximate surface area is 240 Å². The van der Waals surface area contributed by atoms with Crippen molar-refractivity contribution in [1.82, 2.24) is 0 Å². The Morgan fingerprint density at radius 2 is 0.700 bits per heavy atom. The standard InChI is InChI=1S/C32H42B2O6/c1-27(2)28(3,4)38-33(37-27)25-15-11-23(12-16-25)31(35-9)19-21-32(36-10,22-20-31)24-13-17-26(18-14-24)34-39-29(5,6)30(7,8)40-34/h11-22H,1-10H3/t31-,32+. The van der Waals surface area contributed by atoms with Crippen molar-refractivity contribution in [2.75, 3.05) is 14.2 Å². The van der Waals surface area contributed by atoms with Crippen molar-refractivity contribution in [3.63, 3.8) is 0 Å². The van der Waals surface area contributed by atoms with Crippen LogP contribution in [0, 0.1) is 0 Å². The molecule has 0 N–H and O–H groups in total. The molecule has 2 aromatic carbocycles. The number of methoxy groups -OCH3 is 2. The lowest BCUT2D eigenvalue weighted by Crippen LogP contribution is -2.41. The molecule has 1 aliphatic carbocycles. The summed E-state index contributed by atoms with van der Waals surface area (Å²) >= 11 is 0. The Hall–Kier alpha value is -2.19. The van der Waals surface area contributed by atoms with Crippen LogP contribution < -0.4 is 10.9 Å². The van der Waals surface area contributed by atoms with Gasteiger partial charge in [0.2, 0.25) is 0 Å². The van der Waals surface area contributed by atoms with E-state index < -0.39 is 25.4 Å². The molecule has 0 unspecified atom stereocenters. The first-order chi connectivity index (χ1) is 18.6. The molecule has 0 aromatic heterocycles. The third-order valence-corrected chi connectivity index (χ3v) is 9.61. The lowest BCUT2D eigenvalue weighted by Gasteiger charge is -2.36. The highest BCUT2D eigenvalue weighted by Crippen LogP contribution is 2.41. The third kappa shape index (κ3) is 4.73. The van der Waals surface area contributed by atoms with Crippen LogP contribution in [0.2, 0.25) is 0 Å². The van der Waals surface area contributed by atoms with Gasteiger partial charge in [0, 0.05) is 14.2 Å². The van der Waals surface area contributed by atoms with Gasteiger partial charge in [0.15, 0.2) is 0 Å². The zero-order valence-electron chi connectivity index (χ0n) is 25.5. The first-order valence-corrected chi connectivity index (χ1v) is 14.0. The first-order valence-electron chi connectivity index (χ1n) is 14.0. The predicted molar refractivity (Wildman–Crippen MR) is 160 cm³/mol. The van der Waals surface area contributed by atoms with E-state index in [9.17, 15) is 0 Å². The van der Waals surface area contributed by atoms with Gasteiger partial charge in [-0.15, -0.1) is 0 Å². The monoisotopic (exact) mass is 544 g/mol. The Bertz CT molecular complexity index is 1150. The van der Waals surface area contributed by atoms with Gasteiger partial charge in [-0.05, 0) is 102 Å². The van der Waals surface area contributed by atoms with E-state index >= 15 is 0 Å². The van der Waals surface area contributed by atoms with Crippen molar-refractivity contribution in [2.45, 2.75) is 89.0 Å². The third-order valence-electron chi connectivity index (χ3n) is 9.61. The summed E-state index contributed by atoms with van der Waals surface area (Å²) in [5, 5.41) is 0. The van der Waals surface area contributed by atoms with E-state index in [1.807, 2.05) is 24.3 Å². The van der Waals surface area contributed by atoms with Gasteiger partial charge < -0.3 is 28.1 Å². The van der Waals surface area contributed by atoms with Crippen LogP contribution in [0.4, 0.5) is 0 Å². The largest absolute Gasteiger partial charge is 0.494 e. The molecule has 2 aromatic rings. The van der Waals surface area contributed by atoms with E-state index in [0.717, 1.165) is 22.1 Å². The van der Waals surface area contributed by atoms with Gasteiger partial charge in [-0.3, -0.25) is 0 Å². The van der Waals surface area contributed by atoms with Crippen molar-refractivity contribution in [3.05, 3.63) is 84.0 Å². The molecule has 212 valence electrons. The van der Waals surface area contributed by atoms with Gasteiger partial charge in [0.25, 0.3) is 0 Å². The molecule has 8 heteroatoms. The summed E-state index contributed by atoms with van der Waals surface area (Å²) in [4.78, 5) is 0. The molecule has 2 heterocycles. The summed E-state index contributed by atoms with van der Waals surface area (Å²) in [5.74, 6) is 0. The van der Waals surface area contributed by atoms with Gasteiger partial charge >= 0.3 is 14.2 Å². The zero-order valence-corrected chi connectivity index (χ0v) is 25.5. The SMILES string of the molecule is CO[C@]1(c2ccc(B3OC(C)(C)C(C)(C)O3)cc2)C=C[C@@](OC)(c2ccc(B3OC(C)(C)C(C)(C)O3)cc2)C=C1. The van der Waals surface area contributed by atoms with Crippen molar-refractivity contribution < 1.29 is 28.1 Å². The molecule has 40 heavy (non-hydrogen) atoms. The summed E-state index contributed by atoms with van der Waals surface area (Å²) in [6, 6.07) is 16.5. The van der Waals surface area contributed by atoms with Gasteiger partial charge in [0.05, 0.1) is 22.4 Å². The Morgan fingerprint density at radius 1 is 0.450 bits per heavy atom. The molecule has 0 amide bonds. The topological polar surface area (TPSA) is 55.4 Å². The van der Waals surface area contributed by atoms with Crippen LogP contribution in [-0.2, 0) is 39.3 Å². The lowest BCUT2D eigenvalue weighted by atomic mass is 9.75. The van der Waals surface area contributed by atoms with Crippen LogP contribution in [0.1, 0.15) is 66.5 Å². The fourth-order valence-electron chi connectivity index (χ4n) is 5.26. The van der Waals surface area contributed by atoms with E-state index in [1.165, 1.54) is 0 Å². The fraction of sp³-hybridized carbons (Fsp3) is 0.500. The Kier molecular flexibility index (Phi) is 7.10. The number of hydrogen-bond donors (Lipinski definition) is 0. The second kappa shape index (κ2) is 9.69. The molecule has 0 radical (unpaired) electrons. The van der Waals surface area contributed by atoms with Crippen molar-refractivity contribution in [2.24, 2.45) is 0 Å². The first kappa shape index (κ1) is 29.3. The molecular formula is C32H42B2O6. The van der Waals surface area contributed by atoms with Crippen LogP contribution in [-0.4, -0.2) is 50.9 Å². The molecular weight excluding hydrogens is 502 g/mol. The fourth-order valence-corrected chi connectivity index (χ4v) is 5.26. The second-order valence-electron chi connectivity index (χ2n) is 13.1. The molecule has 0 spiro atoms. The average molecular weight is 544 g/mol. The van der Waals surface area contributed by atoms with E-state index in [1.54, 1.807) is 14.2 Å². The zero-order chi connectivity index (χ0) is 29.2. The molecule has 5 rings (SSSR count). The van der Waals surface area contributed by atoms with Gasteiger partial charge in [0.1, 0.15) is 11.2 Å². The lowest BCUT2D eigenvalue weighted by molar-refractivity contribution is 0.00578. The number of rotatable bonds is 6. The summed E-state index contributed by atoms with van der Waals surface area (Å²) < 4.78 is 37.0. The second-order valence-corrected chi connectivity index (χ2v) is 13.1. The summed E-state index contributed by atoms with van der Waals surface area (Å²) in [7, 11) is 2.62. The summed E-state index contributed by atoms with van der Waals surface area (Å²) in [6.45, 7) is 16.5. The van der Waals surface area contributed by atoms with E-state index in [4.69, 9.17) is 28.1 Å². The van der Waals surface area contributed by atoms with Gasteiger partial charge in [-0.25, -0.2) is 0 Å². The highest BCUT2D eigenvalue weighted by atomic mass is 16.7. The van der Waals surface area contributed by atoms with E-state index in [-0.39, 0.29) is 22.4 Å². The van der Waals surface area contributed by atoms with Crippen LogP contribution in [0.15, 0.2) is 72.8 Å². The summed E-state index contributed by atoms with van der Waals surface area (Å²) in [5.41, 5.74) is 0.980. The predicted octanol–water partition coefficient (Wildman–Crippen LogP) is 4.79. The minimum absolute atomic E-state index is 0.384. The normalized spacial score (nSPS) is 29.8. The number of hydrogen-bond acceptors (Lipinski definition) is 6. The van der Waals surface area contributed by atoms with Crippen molar-refractivity contribution in [3.8, 4) is 0 Å². The average Bonchev–Trinajstić information content (AvgIpc) is 3.28. The van der Waals surface area contributed by atoms with Crippen LogP contribution >= 0.6 is 0 Å². The van der Waals surface area contributed by atoms with Crippen LogP contribution in [0.5, 0.6) is 0 Å². The minimum Gasteiger partial charge on any atom is -0.399 e. The molecule has 3 aliphatic rings. The molecule has 2 saturated heterocycles. The number of benzene rings is 2. The quantitative estimate of drug-likeness (QED) is 0.385. The maximum Gasteiger partial charge on any atom is 0.494 e. The maximum absolute atomic E-state index is 6.23. The summed E-state index contributed by atoms with van der Waals surface area (Å²) in [6.07, 6.45) is 8.23. The highest BCUT2D eigenvalue weighted by molar-refractivity contribution is 6.62. The Balaban J connectivity index is 1.35. The molecule has 2 aliphatic heterocycles. The molecule has 0 bridgehead atoms. The van der Waals surface area contributed by atoms with E-state index in [2.05, 4.69) is 104 Å². The van der Waals surface area contributed by atoms with Crippen molar-refractivity contribution in [1.29, 1.82) is 0 Å².